The molecule has 0 aliphatic carbocycles. The smallest absolute Gasteiger partial charge is 0.178 e. The number of Topliss-reactive ketones (excluding diaryl/α,β-unsaturated/α-hetero) is 1. The number of benzene rings is 1. The lowest BCUT2D eigenvalue weighted by atomic mass is 10.1. The molecule has 0 saturated heterocycles. The van der Waals surface area contributed by atoms with Gasteiger partial charge in [0.15, 0.2) is 5.78 Å². The zero-order valence-electron chi connectivity index (χ0n) is 9.77. The molecular weight excluding hydrogens is 358 g/mol. The number of hydrogen-bond acceptors (Lipinski definition) is 2. The van der Waals surface area contributed by atoms with E-state index in [2.05, 4.69) is 15.9 Å². The molecule has 100 valence electrons. The maximum Gasteiger partial charge on any atom is 0.178 e. The van der Waals surface area contributed by atoms with Crippen molar-refractivity contribution in [3.05, 3.63) is 54.6 Å². The molecule has 0 aliphatic rings. The maximum atomic E-state index is 13.8. The lowest BCUT2D eigenvalue weighted by Crippen LogP contribution is -2.07. The van der Waals surface area contributed by atoms with Crippen molar-refractivity contribution in [1.29, 1.82) is 0 Å². The van der Waals surface area contributed by atoms with Gasteiger partial charge in [-0.25, -0.2) is 8.78 Å². The van der Waals surface area contributed by atoms with Gasteiger partial charge in [-0.15, -0.1) is 11.3 Å². The van der Waals surface area contributed by atoms with E-state index in [4.69, 9.17) is 11.6 Å². The summed E-state index contributed by atoms with van der Waals surface area (Å²) in [4.78, 5) is 12.4. The highest BCUT2D eigenvalue weighted by atomic mass is 79.9. The first-order valence-electron chi connectivity index (χ1n) is 5.31. The van der Waals surface area contributed by atoms with Crippen molar-refractivity contribution in [2.75, 3.05) is 0 Å². The minimum absolute atomic E-state index is 0.130. The van der Waals surface area contributed by atoms with Crippen LogP contribution in [0.2, 0.25) is 5.02 Å². The van der Waals surface area contributed by atoms with Crippen LogP contribution < -0.4 is 0 Å². The fourth-order valence-electron chi connectivity index (χ4n) is 1.59. The number of rotatable bonds is 3. The fraction of sp³-hybridized carbons (Fsp3) is 0.154. The van der Waals surface area contributed by atoms with E-state index in [0.29, 0.717) is 9.90 Å². The summed E-state index contributed by atoms with van der Waals surface area (Å²) in [7, 11) is 0. The Bertz CT molecular complexity index is 654. The number of halogens is 4. The molecule has 0 fully saturated rings. The molecule has 6 heteroatoms. The van der Waals surface area contributed by atoms with Gasteiger partial charge < -0.3 is 0 Å². The van der Waals surface area contributed by atoms with Crippen LogP contribution in [-0.4, -0.2) is 5.78 Å². The number of ketones is 1. The lowest BCUT2D eigenvalue weighted by Gasteiger charge is -2.05. The van der Waals surface area contributed by atoms with Crippen LogP contribution in [0.3, 0.4) is 0 Å². The van der Waals surface area contributed by atoms with Crippen LogP contribution in [0.5, 0.6) is 0 Å². The van der Waals surface area contributed by atoms with Gasteiger partial charge in [-0.05, 0) is 45.9 Å². The summed E-state index contributed by atoms with van der Waals surface area (Å²) in [5.74, 6) is -1.88. The normalized spacial score (nSPS) is 10.8. The highest BCUT2D eigenvalue weighted by molar-refractivity contribution is 9.10. The zero-order chi connectivity index (χ0) is 14.2. The lowest BCUT2D eigenvalue weighted by molar-refractivity contribution is 0.0994. The van der Waals surface area contributed by atoms with Crippen molar-refractivity contribution >= 4 is 44.7 Å². The Hall–Kier alpha value is -0.780. The second-order valence-corrected chi connectivity index (χ2v) is 6.10. The van der Waals surface area contributed by atoms with Gasteiger partial charge in [-0.1, -0.05) is 11.6 Å². The minimum atomic E-state index is -0.752. The molecule has 19 heavy (non-hydrogen) atoms. The molecule has 1 aromatic heterocycles. The van der Waals surface area contributed by atoms with Crippen molar-refractivity contribution in [3.8, 4) is 0 Å². The highest BCUT2D eigenvalue weighted by Gasteiger charge is 2.20. The van der Waals surface area contributed by atoms with Crippen LogP contribution in [0.15, 0.2) is 22.0 Å². The van der Waals surface area contributed by atoms with E-state index in [1.807, 2.05) is 0 Å². The largest absolute Gasteiger partial charge is 0.293 e. The molecule has 0 saturated carbocycles. The number of hydrogen-bond donors (Lipinski definition) is 0. The third-order valence-electron chi connectivity index (χ3n) is 2.63. The Kier molecular flexibility index (Phi) is 4.38. The molecule has 2 aromatic rings. The van der Waals surface area contributed by atoms with Crippen molar-refractivity contribution in [2.24, 2.45) is 0 Å². The SMILES string of the molecule is Cc1csc(C(=O)Cc2c(F)ccc(Br)c2F)c1Cl. The van der Waals surface area contributed by atoms with Crippen molar-refractivity contribution in [2.45, 2.75) is 13.3 Å². The first-order chi connectivity index (χ1) is 8.91. The molecule has 0 atom stereocenters. The minimum Gasteiger partial charge on any atom is -0.293 e. The first kappa shape index (κ1) is 14.6. The molecule has 1 nitrogen and oxygen atoms in total. The van der Waals surface area contributed by atoms with Gasteiger partial charge in [0.1, 0.15) is 11.6 Å². The van der Waals surface area contributed by atoms with E-state index in [0.717, 1.165) is 11.6 Å². The molecule has 0 spiro atoms. The molecule has 0 amide bonds. The average molecular weight is 366 g/mol. The summed E-state index contributed by atoms with van der Waals surface area (Å²) in [6, 6.07) is 2.39. The van der Waals surface area contributed by atoms with Crippen LogP contribution in [-0.2, 0) is 6.42 Å². The standard InChI is InChI=1S/C13H8BrClF2OS/c1-6-5-19-13(11(6)15)10(18)4-7-9(16)3-2-8(14)12(7)17/h2-3,5H,4H2,1H3. The molecule has 1 aromatic carbocycles. The summed E-state index contributed by atoms with van der Waals surface area (Å²) in [6.45, 7) is 1.77. The molecule has 1 heterocycles. The van der Waals surface area contributed by atoms with Crippen LogP contribution in [0, 0.1) is 18.6 Å². The van der Waals surface area contributed by atoms with Gasteiger partial charge in [0.25, 0.3) is 0 Å². The Morgan fingerprint density at radius 3 is 2.68 bits per heavy atom. The third-order valence-corrected chi connectivity index (χ3v) is 4.98. The van der Waals surface area contributed by atoms with Crippen LogP contribution in [0.25, 0.3) is 0 Å². The van der Waals surface area contributed by atoms with E-state index in [1.54, 1.807) is 12.3 Å². The van der Waals surface area contributed by atoms with Gasteiger partial charge in [0.2, 0.25) is 0 Å². The highest BCUT2D eigenvalue weighted by Crippen LogP contribution is 2.29. The molecule has 0 N–H and O–H groups in total. The fourth-order valence-corrected chi connectivity index (χ4v) is 3.20. The Morgan fingerprint density at radius 2 is 2.11 bits per heavy atom. The number of carbonyl (C=O) groups excluding carboxylic acids is 1. The Balaban J connectivity index is 2.35. The summed E-state index contributed by atoms with van der Waals surface area (Å²) >= 11 is 10.1. The second-order valence-electron chi connectivity index (χ2n) is 3.98. The number of aryl methyl sites for hydroxylation is 1. The second kappa shape index (κ2) is 5.69. The molecule has 0 radical (unpaired) electrons. The summed E-state index contributed by atoms with van der Waals surface area (Å²) in [5, 5.41) is 2.09. The predicted octanol–water partition coefficient (Wildman–Crippen LogP) is 5.18. The monoisotopic (exact) mass is 364 g/mol. The molecule has 0 aliphatic heterocycles. The Labute approximate surface area is 126 Å². The summed E-state index contributed by atoms with van der Waals surface area (Å²) in [5.41, 5.74) is 0.534. The zero-order valence-corrected chi connectivity index (χ0v) is 12.9. The summed E-state index contributed by atoms with van der Waals surface area (Å²) in [6.07, 6.45) is -0.350. The van der Waals surface area contributed by atoms with Gasteiger partial charge in [0.05, 0.1) is 14.4 Å². The van der Waals surface area contributed by atoms with Crippen LogP contribution in [0.4, 0.5) is 8.78 Å². The van der Waals surface area contributed by atoms with Crippen LogP contribution >= 0.6 is 38.9 Å². The predicted molar refractivity (Wildman–Crippen MR) is 76.2 cm³/mol. The van der Waals surface area contributed by atoms with Gasteiger partial charge in [-0.2, -0.15) is 0 Å². The molecule has 2 rings (SSSR count). The van der Waals surface area contributed by atoms with Gasteiger partial charge in [-0.3, -0.25) is 4.79 Å². The van der Waals surface area contributed by atoms with E-state index in [1.165, 1.54) is 17.4 Å². The topological polar surface area (TPSA) is 17.1 Å². The van der Waals surface area contributed by atoms with E-state index < -0.39 is 11.6 Å². The van der Waals surface area contributed by atoms with Crippen molar-refractivity contribution < 1.29 is 13.6 Å². The Morgan fingerprint density at radius 1 is 1.42 bits per heavy atom. The van der Waals surface area contributed by atoms with E-state index in [-0.39, 0.29) is 22.2 Å². The van der Waals surface area contributed by atoms with Crippen molar-refractivity contribution in [3.63, 3.8) is 0 Å². The third kappa shape index (κ3) is 2.88. The van der Waals surface area contributed by atoms with Crippen LogP contribution in [0.1, 0.15) is 20.8 Å². The van der Waals surface area contributed by atoms with Gasteiger partial charge >= 0.3 is 0 Å². The number of thiophene rings is 1. The van der Waals surface area contributed by atoms with E-state index >= 15 is 0 Å². The van der Waals surface area contributed by atoms with Gasteiger partial charge in [0, 0.05) is 12.0 Å². The van der Waals surface area contributed by atoms with E-state index in [9.17, 15) is 13.6 Å². The summed E-state index contributed by atoms with van der Waals surface area (Å²) < 4.78 is 27.5. The first-order valence-corrected chi connectivity index (χ1v) is 7.36. The van der Waals surface area contributed by atoms with Crippen molar-refractivity contribution in [1.82, 2.24) is 0 Å². The quantitative estimate of drug-likeness (QED) is 0.541. The number of carbonyl (C=O) groups is 1. The molecule has 0 bridgehead atoms. The molecule has 0 unspecified atom stereocenters. The maximum absolute atomic E-state index is 13.8. The molecular formula is C13H8BrClF2OS. The average Bonchev–Trinajstić information content (AvgIpc) is 2.70.